The standard InChI is InChI=1S/C18H27N/c1-12-10-11-18(2)16-8-6-13-4-3-5-14(13)15(16)7-9-17(18)19-12/h13,16-17,19H,1,3-11H2,2H3/t13?,16?,17?,18-/m1/s1. The molecule has 0 radical (unpaired) electrons. The Morgan fingerprint density at radius 3 is 2.84 bits per heavy atom. The van der Waals surface area contributed by atoms with E-state index >= 15 is 0 Å². The van der Waals surface area contributed by atoms with E-state index in [0.29, 0.717) is 11.5 Å². The van der Waals surface area contributed by atoms with E-state index in [4.69, 9.17) is 0 Å². The highest BCUT2D eigenvalue weighted by Crippen LogP contribution is 2.57. The molecule has 104 valence electrons. The van der Waals surface area contributed by atoms with Gasteiger partial charge in [0.05, 0.1) is 0 Å². The first-order valence-corrected chi connectivity index (χ1v) is 8.34. The summed E-state index contributed by atoms with van der Waals surface area (Å²) in [5.74, 6) is 1.87. The molecule has 1 saturated heterocycles. The fourth-order valence-electron chi connectivity index (χ4n) is 5.68. The van der Waals surface area contributed by atoms with E-state index < -0.39 is 0 Å². The summed E-state index contributed by atoms with van der Waals surface area (Å²) in [5, 5.41) is 3.73. The summed E-state index contributed by atoms with van der Waals surface area (Å²) in [6.45, 7) is 6.74. The minimum atomic E-state index is 0.509. The first kappa shape index (κ1) is 12.1. The largest absolute Gasteiger partial charge is 0.386 e. The Hall–Kier alpha value is -0.720. The zero-order valence-electron chi connectivity index (χ0n) is 12.3. The SMILES string of the molecule is C=C1CC[C@@]2(C)C(CCC3=C4CCCC4CCC32)N1. The first-order chi connectivity index (χ1) is 9.18. The second-order valence-corrected chi connectivity index (χ2v) is 7.61. The number of allylic oxidation sites excluding steroid dienone is 3. The van der Waals surface area contributed by atoms with Crippen molar-refractivity contribution in [3.63, 3.8) is 0 Å². The van der Waals surface area contributed by atoms with Gasteiger partial charge in [0, 0.05) is 11.7 Å². The van der Waals surface area contributed by atoms with Gasteiger partial charge in [0.1, 0.15) is 0 Å². The van der Waals surface area contributed by atoms with Gasteiger partial charge in [-0.1, -0.05) is 24.6 Å². The number of nitrogens with one attached hydrogen (secondary N) is 1. The minimum absolute atomic E-state index is 0.509. The highest BCUT2D eigenvalue weighted by Gasteiger charge is 2.50. The maximum Gasteiger partial charge on any atom is 0.0320 e. The second kappa shape index (κ2) is 4.14. The molecule has 1 nitrogen and oxygen atoms in total. The van der Waals surface area contributed by atoms with Gasteiger partial charge in [-0.25, -0.2) is 0 Å². The van der Waals surface area contributed by atoms with Gasteiger partial charge in [0.2, 0.25) is 0 Å². The molecule has 3 aliphatic carbocycles. The van der Waals surface area contributed by atoms with Crippen LogP contribution in [0.5, 0.6) is 0 Å². The van der Waals surface area contributed by atoms with Gasteiger partial charge in [-0.3, -0.25) is 0 Å². The summed E-state index contributed by atoms with van der Waals surface area (Å²) in [6, 6.07) is 0.695. The maximum atomic E-state index is 4.17. The lowest BCUT2D eigenvalue weighted by Gasteiger charge is -2.54. The van der Waals surface area contributed by atoms with E-state index in [9.17, 15) is 0 Å². The van der Waals surface area contributed by atoms with Crippen molar-refractivity contribution in [1.29, 1.82) is 0 Å². The molecule has 0 aromatic heterocycles. The van der Waals surface area contributed by atoms with Crippen LogP contribution < -0.4 is 5.32 Å². The lowest BCUT2D eigenvalue weighted by atomic mass is 9.55. The Bertz CT molecular complexity index is 447. The van der Waals surface area contributed by atoms with E-state index in [1.165, 1.54) is 63.5 Å². The van der Waals surface area contributed by atoms with Crippen LogP contribution in [0, 0.1) is 17.3 Å². The number of hydrogen-bond acceptors (Lipinski definition) is 1. The summed E-state index contributed by atoms with van der Waals surface area (Å²) in [5.41, 5.74) is 5.63. The van der Waals surface area contributed by atoms with Crippen molar-refractivity contribution >= 4 is 0 Å². The predicted molar refractivity (Wildman–Crippen MR) is 79.7 cm³/mol. The molecule has 1 heteroatoms. The van der Waals surface area contributed by atoms with Crippen molar-refractivity contribution in [2.24, 2.45) is 17.3 Å². The molecule has 2 saturated carbocycles. The maximum absolute atomic E-state index is 4.17. The minimum Gasteiger partial charge on any atom is -0.386 e. The van der Waals surface area contributed by atoms with E-state index in [2.05, 4.69) is 18.8 Å². The Kier molecular flexibility index (Phi) is 2.62. The van der Waals surface area contributed by atoms with Crippen molar-refractivity contribution in [3.05, 3.63) is 23.4 Å². The molecular formula is C18H27N. The van der Waals surface area contributed by atoms with Crippen molar-refractivity contribution < 1.29 is 0 Å². The van der Waals surface area contributed by atoms with Crippen LogP contribution >= 0.6 is 0 Å². The van der Waals surface area contributed by atoms with Crippen LogP contribution in [0.1, 0.15) is 64.7 Å². The van der Waals surface area contributed by atoms with Crippen LogP contribution in [0.15, 0.2) is 23.4 Å². The highest BCUT2D eigenvalue weighted by molar-refractivity contribution is 5.31. The molecule has 1 aliphatic heterocycles. The Balaban J connectivity index is 1.71. The van der Waals surface area contributed by atoms with Crippen molar-refractivity contribution in [2.75, 3.05) is 0 Å². The number of piperidine rings is 1. The third-order valence-electron chi connectivity index (χ3n) is 6.77. The van der Waals surface area contributed by atoms with Gasteiger partial charge >= 0.3 is 0 Å². The van der Waals surface area contributed by atoms with Crippen LogP contribution in [0.3, 0.4) is 0 Å². The normalized spacial score (nSPS) is 45.3. The monoisotopic (exact) mass is 257 g/mol. The van der Waals surface area contributed by atoms with Crippen LogP contribution in [-0.4, -0.2) is 6.04 Å². The molecule has 3 unspecified atom stereocenters. The van der Waals surface area contributed by atoms with E-state index in [1.807, 2.05) is 11.1 Å². The molecule has 0 amide bonds. The summed E-state index contributed by atoms with van der Waals surface area (Å²) < 4.78 is 0. The Morgan fingerprint density at radius 1 is 1.05 bits per heavy atom. The molecule has 4 atom stereocenters. The molecule has 4 aliphatic rings. The van der Waals surface area contributed by atoms with Gasteiger partial charge in [0.25, 0.3) is 0 Å². The zero-order chi connectivity index (χ0) is 13.0. The molecule has 19 heavy (non-hydrogen) atoms. The molecule has 3 fully saturated rings. The first-order valence-electron chi connectivity index (χ1n) is 8.34. The third kappa shape index (κ3) is 1.66. The van der Waals surface area contributed by atoms with Gasteiger partial charge in [-0.15, -0.1) is 0 Å². The second-order valence-electron chi connectivity index (χ2n) is 7.61. The van der Waals surface area contributed by atoms with E-state index in [1.54, 1.807) is 0 Å². The number of fused-ring (bicyclic) bond motifs is 4. The molecule has 1 heterocycles. The van der Waals surface area contributed by atoms with Crippen LogP contribution in [0.2, 0.25) is 0 Å². The molecule has 4 rings (SSSR count). The Morgan fingerprint density at radius 2 is 1.95 bits per heavy atom. The lowest BCUT2D eigenvalue weighted by molar-refractivity contribution is 0.0658. The Labute approximate surface area is 117 Å². The van der Waals surface area contributed by atoms with Crippen LogP contribution in [-0.2, 0) is 0 Å². The highest BCUT2D eigenvalue weighted by atomic mass is 15.0. The van der Waals surface area contributed by atoms with Gasteiger partial charge in [-0.2, -0.15) is 0 Å². The lowest BCUT2D eigenvalue weighted by Crippen LogP contribution is -2.54. The van der Waals surface area contributed by atoms with Gasteiger partial charge < -0.3 is 5.32 Å². The predicted octanol–water partition coefficient (Wildman–Crippen LogP) is 4.56. The van der Waals surface area contributed by atoms with Crippen LogP contribution in [0.25, 0.3) is 0 Å². The van der Waals surface area contributed by atoms with E-state index in [-0.39, 0.29) is 0 Å². The smallest absolute Gasteiger partial charge is 0.0320 e. The zero-order valence-corrected chi connectivity index (χ0v) is 12.3. The summed E-state index contributed by atoms with van der Waals surface area (Å²) >= 11 is 0. The molecule has 0 spiro atoms. The molecule has 0 aromatic rings. The summed E-state index contributed by atoms with van der Waals surface area (Å²) in [6.07, 6.45) is 12.6. The van der Waals surface area contributed by atoms with Gasteiger partial charge in [-0.05, 0) is 75.0 Å². The topological polar surface area (TPSA) is 12.0 Å². The summed E-state index contributed by atoms with van der Waals surface area (Å²) in [7, 11) is 0. The fourth-order valence-corrected chi connectivity index (χ4v) is 5.68. The number of rotatable bonds is 0. The molecule has 0 bridgehead atoms. The quantitative estimate of drug-likeness (QED) is 0.627. The molecule has 1 N–H and O–H groups in total. The summed E-state index contributed by atoms with van der Waals surface area (Å²) in [4.78, 5) is 0. The van der Waals surface area contributed by atoms with Crippen molar-refractivity contribution in [3.8, 4) is 0 Å². The molecule has 0 aromatic carbocycles. The number of hydrogen-bond donors (Lipinski definition) is 1. The van der Waals surface area contributed by atoms with Crippen molar-refractivity contribution in [1.82, 2.24) is 5.32 Å². The average molecular weight is 257 g/mol. The van der Waals surface area contributed by atoms with Crippen LogP contribution in [0.4, 0.5) is 0 Å². The third-order valence-corrected chi connectivity index (χ3v) is 6.77. The van der Waals surface area contributed by atoms with Gasteiger partial charge in [0.15, 0.2) is 0 Å². The fraction of sp³-hybridized carbons (Fsp3) is 0.778. The van der Waals surface area contributed by atoms with Crippen molar-refractivity contribution in [2.45, 2.75) is 70.8 Å². The molecular weight excluding hydrogens is 230 g/mol. The average Bonchev–Trinajstić information content (AvgIpc) is 2.88. The van der Waals surface area contributed by atoms with E-state index in [0.717, 1.165) is 11.8 Å².